The molecule has 3 heterocycles. The fraction of sp³-hybridized carbons (Fsp3) is 0.471. The number of aliphatic hydroxyl groups is 1. The first-order valence-electron chi connectivity index (χ1n) is 15.6. The van der Waals surface area contributed by atoms with Crippen LogP contribution >= 0.6 is 0 Å². The van der Waals surface area contributed by atoms with Gasteiger partial charge in [0.25, 0.3) is 0 Å². The van der Waals surface area contributed by atoms with Gasteiger partial charge in [0.1, 0.15) is 0 Å². The molecule has 3 aliphatic heterocycles. The summed E-state index contributed by atoms with van der Waals surface area (Å²) in [6.07, 6.45) is 5.21. The van der Waals surface area contributed by atoms with Gasteiger partial charge < -0.3 is 19.5 Å². The Bertz CT molecular complexity index is 1410. The van der Waals surface area contributed by atoms with Crippen LogP contribution in [0.15, 0.2) is 83.8 Å². The third-order valence-corrected chi connectivity index (χ3v) is 10.4. The van der Waals surface area contributed by atoms with E-state index in [1.165, 1.54) is 38.8 Å². The third-order valence-electron chi connectivity index (χ3n) is 8.99. The minimum absolute atomic E-state index is 0.0119. The van der Waals surface area contributed by atoms with E-state index in [9.17, 15) is 13.5 Å². The smallest absolute Gasteiger partial charge is 0.240 e. The van der Waals surface area contributed by atoms with Crippen molar-refractivity contribution < 1.29 is 23.0 Å². The molecule has 0 saturated carbocycles. The summed E-state index contributed by atoms with van der Waals surface area (Å²) in [6.45, 7) is 5.77. The number of hydrogen-bond donors (Lipinski definition) is 2. The topological polar surface area (TPSA) is 91.3 Å². The highest BCUT2D eigenvalue weighted by Gasteiger charge is 2.36. The lowest BCUT2D eigenvalue weighted by Crippen LogP contribution is -2.45. The predicted molar refractivity (Wildman–Crippen MR) is 166 cm³/mol. The van der Waals surface area contributed by atoms with Crippen molar-refractivity contribution in [3.63, 3.8) is 0 Å². The number of aliphatic hydroxyl groups excluding tert-OH is 1. The Morgan fingerprint density at radius 3 is 2.21 bits per heavy atom. The number of nitrogens with zero attached hydrogens (tertiary/aromatic N) is 2. The molecule has 43 heavy (non-hydrogen) atoms. The van der Waals surface area contributed by atoms with E-state index in [4.69, 9.17) is 9.47 Å². The summed E-state index contributed by atoms with van der Waals surface area (Å²) in [5, 5.41) is 9.52. The minimum atomic E-state index is -3.59. The van der Waals surface area contributed by atoms with Gasteiger partial charge in [0.05, 0.1) is 23.7 Å². The van der Waals surface area contributed by atoms with Crippen molar-refractivity contribution in [2.24, 2.45) is 0 Å². The molecule has 3 aromatic carbocycles. The molecule has 4 unspecified atom stereocenters. The number of ether oxygens (including phenoxy) is 2. The van der Waals surface area contributed by atoms with Crippen molar-refractivity contribution in [1.29, 1.82) is 0 Å². The van der Waals surface area contributed by atoms with Gasteiger partial charge in [-0.1, -0.05) is 66.7 Å². The second kappa shape index (κ2) is 14.0. The van der Waals surface area contributed by atoms with E-state index in [0.717, 1.165) is 48.3 Å². The molecule has 3 aromatic rings. The molecular formula is C34H43N3O5S. The van der Waals surface area contributed by atoms with Gasteiger partial charge in [0, 0.05) is 37.7 Å². The van der Waals surface area contributed by atoms with Crippen molar-refractivity contribution in [2.45, 2.75) is 74.7 Å². The molecule has 6 rings (SSSR count). The monoisotopic (exact) mass is 605 g/mol. The summed E-state index contributed by atoms with van der Waals surface area (Å²) in [5.74, 6) is 0. The van der Waals surface area contributed by atoms with E-state index in [0.29, 0.717) is 6.04 Å². The average Bonchev–Trinajstić information content (AvgIpc) is 3.73. The van der Waals surface area contributed by atoms with Crippen LogP contribution in [-0.4, -0.2) is 68.2 Å². The number of rotatable bonds is 11. The second-order valence-corrected chi connectivity index (χ2v) is 13.8. The van der Waals surface area contributed by atoms with Gasteiger partial charge in [0.2, 0.25) is 10.0 Å². The van der Waals surface area contributed by atoms with Gasteiger partial charge in [0.15, 0.2) is 6.29 Å². The maximum Gasteiger partial charge on any atom is 0.240 e. The van der Waals surface area contributed by atoms with E-state index < -0.39 is 16.3 Å². The summed E-state index contributed by atoms with van der Waals surface area (Å²) in [7, 11) is -3.59. The van der Waals surface area contributed by atoms with Crippen molar-refractivity contribution in [1.82, 2.24) is 14.5 Å². The van der Waals surface area contributed by atoms with Crippen LogP contribution in [0.3, 0.4) is 0 Å². The summed E-state index contributed by atoms with van der Waals surface area (Å²) in [5.41, 5.74) is 3.72. The Morgan fingerprint density at radius 1 is 0.791 bits per heavy atom. The molecule has 8 nitrogen and oxygen atoms in total. The molecule has 230 valence electrons. The van der Waals surface area contributed by atoms with E-state index >= 15 is 0 Å². The van der Waals surface area contributed by atoms with Crippen LogP contribution in [0.25, 0.3) is 0 Å². The zero-order valence-electron chi connectivity index (χ0n) is 24.7. The Morgan fingerprint density at radius 2 is 1.49 bits per heavy atom. The van der Waals surface area contributed by atoms with Crippen LogP contribution in [0.4, 0.5) is 0 Å². The molecule has 9 heteroatoms. The first-order valence-corrected chi connectivity index (χ1v) is 17.1. The zero-order valence-corrected chi connectivity index (χ0v) is 25.5. The van der Waals surface area contributed by atoms with Crippen LogP contribution in [0.5, 0.6) is 0 Å². The Hall–Kier alpha value is -2.63. The molecule has 2 N–H and O–H groups in total. The Labute approximate surface area is 255 Å². The summed E-state index contributed by atoms with van der Waals surface area (Å²) in [4.78, 5) is 5.49. The molecule has 4 atom stereocenters. The quantitative estimate of drug-likeness (QED) is 0.326. The number of nitrogens with one attached hydrogen (secondary N) is 1. The highest BCUT2D eigenvalue weighted by molar-refractivity contribution is 7.89. The van der Waals surface area contributed by atoms with Crippen molar-refractivity contribution in [3.8, 4) is 0 Å². The molecule has 0 bridgehead atoms. The lowest BCUT2D eigenvalue weighted by atomic mass is 9.99. The Kier molecular flexibility index (Phi) is 9.89. The Balaban J connectivity index is 1.15. The SMILES string of the molecule is O=S(=O)(NCc1ccc(C2OC(CN3CCCC3CN3CCCC3)CC(c3ccc(CO)cc3)O2)cc1)c1ccccc1. The highest BCUT2D eigenvalue weighted by Crippen LogP contribution is 2.39. The van der Waals surface area contributed by atoms with Crippen LogP contribution in [0.1, 0.15) is 66.8 Å². The summed E-state index contributed by atoms with van der Waals surface area (Å²) < 4.78 is 41.2. The molecule has 3 aliphatic rings. The van der Waals surface area contributed by atoms with E-state index in [-0.39, 0.29) is 30.3 Å². The van der Waals surface area contributed by atoms with Crippen LogP contribution in [-0.2, 0) is 32.6 Å². The number of benzene rings is 3. The number of likely N-dealkylation sites (tertiary alicyclic amines) is 2. The van der Waals surface area contributed by atoms with E-state index in [1.54, 1.807) is 30.3 Å². The summed E-state index contributed by atoms with van der Waals surface area (Å²) >= 11 is 0. The number of hydrogen-bond acceptors (Lipinski definition) is 7. The normalized spacial score (nSPS) is 25.3. The van der Waals surface area contributed by atoms with Crippen molar-refractivity contribution in [2.75, 3.05) is 32.7 Å². The molecule has 3 fully saturated rings. The molecule has 0 spiro atoms. The van der Waals surface area contributed by atoms with Gasteiger partial charge in [-0.15, -0.1) is 0 Å². The summed E-state index contributed by atoms with van der Waals surface area (Å²) in [6, 6.07) is 24.8. The van der Waals surface area contributed by atoms with Crippen molar-refractivity contribution >= 4 is 10.0 Å². The van der Waals surface area contributed by atoms with Crippen LogP contribution in [0, 0.1) is 0 Å². The second-order valence-electron chi connectivity index (χ2n) is 12.0. The molecule has 0 amide bonds. The van der Waals surface area contributed by atoms with Crippen LogP contribution < -0.4 is 4.72 Å². The molecule has 3 saturated heterocycles. The van der Waals surface area contributed by atoms with Gasteiger partial charge in [-0.05, 0) is 74.1 Å². The molecule has 0 radical (unpaired) electrons. The van der Waals surface area contributed by atoms with Crippen molar-refractivity contribution in [3.05, 3.63) is 101 Å². The highest BCUT2D eigenvalue weighted by atomic mass is 32.2. The van der Waals surface area contributed by atoms with Gasteiger partial charge in [-0.25, -0.2) is 13.1 Å². The fourth-order valence-corrected chi connectivity index (χ4v) is 7.59. The minimum Gasteiger partial charge on any atom is -0.392 e. The predicted octanol–water partition coefficient (Wildman–Crippen LogP) is 4.76. The van der Waals surface area contributed by atoms with Crippen LogP contribution in [0.2, 0.25) is 0 Å². The van der Waals surface area contributed by atoms with Gasteiger partial charge in [-0.3, -0.25) is 4.90 Å². The lowest BCUT2D eigenvalue weighted by molar-refractivity contribution is -0.253. The number of sulfonamides is 1. The molecule has 0 aromatic heterocycles. The lowest BCUT2D eigenvalue weighted by Gasteiger charge is -2.39. The molecule has 0 aliphatic carbocycles. The first kappa shape index (κ1) is 30.4. The average molecular weight is 606 g/mol. The first-order chi connectivity index (χ1) is 21.0. The third kappa shape index (κ3) is 7.72. The fourth-order valence-electron chi connectivity index (χ4n) is 6.55. The maximum absolute atomic E-state index is 12.7. The standard InChI is InChI=1S/C34H43N3O5S/c38-25-27-12-14-28(15-13-27)33-21-31(24-37-20-6-7-30(37)23-36-18-4-5-19-36)41-34(42-33)29-16-10-26(11-17-29)22-35-43(39,40)32-8-2-1-3-9-32/h1-3,8-17,30-31,33-35,38H,4-7,18-25H2. The van der Waals surface area contributed by atoms with Gasteiger partial charge in [-0.2, -0.15) is 0 Å². The van der Waals surface area contributed by atoms with E-state index in [1.807, 2.05) is 48.5 Å². The zero-order chi connectivity index (χ0) is 29.6. The maximum atomic E-state index is 12.7. The largest absolute Gasteiger partial charge is 0.392 e. The molecular weight excluding hydrogens is 562 g/mol. The van der Waals surface area contributed by atoms with Gasteiger partial charge >= 0.3 is 0 Å². The van der Waals surface area contributed by atoms with E-state index in [2.05, 4.69) is 14.5 Å².